The van der Waals surface area contributed by atoms with Crippen molar-refractivity contribution in [2.24, 2.45) is 11.7 Å². The van der Waals surface area contributed by atoms with Crippen molar-refractivity contribution in [3.05, 3.63) is 23.8 Å². The van der Waals surface area contributed by atoms with Gasteiger partial charge < -0.3 is 16.8 Å². The maximum absolute atomic E-state index is 11.2. The summed E-state index contributed by atoms with van der Waals surface area (Å²) in [6.45, 7) is 0.884. The average molecular weight is 219 g/mol. The molecule has 1 aliphatic carbocycles. The van der Waals surface area contributed by atoms with Gasteiger partial charge in [0.2, 0.25) is 0 Å². The molecule has 1 aromatic carbocycles. The monoisotopic (exact) mass is 219 g/mol. The van der Waals surface area contributed by atoms with Crippen LogP contribution in [0.5, 0.6) is 0 Å². The van der Waals surface area contributed by atoms with E-state index in [1.165, 1.54) is 12.8 Å². The van der Waals surface area contributed by atoms with E-state index in [4.69, 9.17) is 11.5 Å². The number of carbonyl (C=O) groups excluding carboxylic acids is 1. The number of rotatable bonds is 5. The smallest absolute Gasteiger partial charge is 0.250 e. The molecule has 0 aliphatic heterocycles. The summed E-state index contributed by atoms with van der Waals surface area (Å²) in [5, 5.41) is 3.24. The second-order valence-corrected chi connectivity index (χ2v) is 4.33. The molecule has 2 rings (SSSR count). The zero-order valence-electron chi connectivity index (χ0n) is 9.20. The van der Waals surface area contributed by atoms with Crippen molar-refractivity contribution in [1.29, 1.82) is 0 Å². The third-order valence-electron chi connectivity index (χ3n) is 2.87. The second kappa shape index (κ2) is 4.43. The second-order valence-electron chi connectivity index (χ2n) is 4.33. The quantitative estimate of drug-likeness (QED) is 0.658. The number of hydrogen-bond acceptors (Lipinski definition) is 3. The Balaban J connectivity index is 2.02. The van der Waals surface area contributed by atoms with E-state index in [0.29, 0.717) is 11.3 Å². The molecule has 1 fully saturated rings. The number of nitrogens with two attached hydrogens (primary N) is 2. The molecule has 1 aromatic rings. The molecule has 4 heteroatoms. The lowest BCUT2D eigenvalue weighted by molar-refractivity contribution is 0.100. The first-order chi connectivity index (χ1) is 7.66. The van der Waals surface area contributed by atoms with E-state index in [2.05, 4.69) is 5.32 Å². The molecule has 0 atom stereocenters. The molecule has 0 heterocycles. The fourth-order valence-electron chi connectivity index (χ4n) is 1.74. The van der Waals surface area contributed by atoms with Crippen LogP contribution in [0.2, 0.25) is 0 Å². The highest BCUT2D eigenvalue weighted by atomic mass is 16.1. The van der Waals surface area contributed by atoms with Crippen LogP contribution in [0.1, 0.15) is 29.6 Å². The topological polar surface area (TPSA) is 81.1 Å². The summed E-state index contributed by atoms with van der Waals surface area (Å²) in [7, 11) is 0. The summed E-state index contributed by atoms with van der Waals surface area (Å²) < 4.78 is 0. The molecule has 16 heavy (non-hydrogen) atoms. The zero-order valence-corrected chi connectivity index (χ0v) is 9.20. The highest BCUT2D eigenvalue weighted by Crippen LogP contribution is 2.32. The first-order valence-electron chi connectivity index (χ1n) is 5.60. The first-order valence-corrected chi connectivity index (χ1v) is 5.60. The maximum atomic E-state index is 11.2. The van der Waals surface area contributed by atoms with Gasteiger partial charge in [-0.25, -0.2) is 0 Å². The fraction of sp³-hybridized carbons (Fsp3) is 0.417. The minimum Gasteiger partial charge on any atom is -0.399 e. The van der Waals surface area contributed by atoms with Crippen LogP contribution >= 0.6 is 0 Å². The SMILES string of the molecule is NC(=O)c1cc(N)ccc1NCCC1CC1. The molecule has 0 bridgehead atoms. The molecule has 4 nitrogen and oxygen atoms in total. The van der Waals surface area contributed by atoms with Gasteiger partial charge in [-0.1, -0.05) is 12.8 Å². The average Bonchev–Trinajstić information content (AvgIpc) is 3.04. The maximum Gasteiger partial charge on any atom is 0.250 e. The van der Waals surface area contributed by atoms with Gasteiger partial charge in [0, 0.05) is 17.9 Å². The number of benzene rings is 1. The van der Waals surface area contributed by atoms with Gasteiger partial charge in [-0.05, 0) is 30.5 Å². The van der Waals surface area contributed by atoms with Gasteiger partial charge in [-0.15, -0.1) is 0 Å². The highest BCUT2D eigenvalue weighted by Gasteiger charge is 2.20. The van der Waals surface area contributed by atoms with Crippen molar-refractivity contribution in [2.75, 3.05) is 17.6 Å². The zero-order chi connectivity index (χ0) is 11.5. The van der Waals surface area contributed by atoms with Gasteiger partial charge in [0.05, 0.1) is 5.56 Å². The standard InChI is InChI=1S/C12H17N3O/c13-9-3-4-11(10(7-9)12(14)16)15-6-5-8-1-2-8/h3-4,7-8,15H,1-2,5-6,13H2,(H2,14,16). The molecule has 1 amide bonds. The molecule has 86 valence electrons. The summed E-state index contributed by atoms with van der Waals surface area (Å²) in [6.07, 6.45) is 3.83. The Kier molecular flexibility index (Phi) is 2.99. The van der Waals surface area contributed by atoms with E-state index in [9.17, 15) is 4.79 Å². The van der Waals surface area contributed by atoms with E-state index in [1.807, 2.05) is 6.07 Å². The Bertz CT molecular complexity index is 399. The normalized spacial score (nSPS) is 14.8. The molecule has 0 aromatic heterocycles. The lowest BCUT2D eigenvalue weighted by atomic mass is 10.1. The van der Waals surface area contributed by atoms with Crippen molar-refractivity contribution in [2.45, 2.75) is 19.3 Å². The molecular weight excluding hydrogens is 202 g/mol. The fourth-order valence-corrected chi connectivity index (χ4v) is 1.74. The van der Waals surface area contributed by atoms with Crippen LogP contribution in [-0.2, 0) is 0 Å². The number of anilines is 2. The number of carbonyl (C=O) groups is 1. The summed E-state index contributed by atoms with van der Waals surface area (Å²) in [5.74, 6) is 0.430. The molecule has 0 saturated heterocycles. The Morgan fingerprint density at radius 1 is 1.44 bits per heavy atom. The van der Waals surface area contributed by atoms with Crippen LogP contribution in [0.3, 0.4) is 0 Å². The number of hydrogen-bond donors (Lipinski definition) is 3. The molecule has 1 aliphatic rings. The molecule has 1 saturated carbocycles. The van der Waals surface area contributed by atoms with Gasteiger partial charge in [0.25, 0.3) is 5.91 Å². The third kappa shape index (κ3) is 2.66. The van der Waals surface area contributed by atoms with Crippen molar-refractivity contribution in [3.63, 3.8) is 0 Å². The van der Waals surface area contributed by atoms with Crippen molar-refractivity contribution in [1.82, 2.24) is 0 Å². The lowest BCUT2D eigenvalue weighted by Gasteiger charge is -2.10. The predicted molar refractivity (Wildman–Crippen MR) is 65.2 cm³/mol. The van der Waals surface area contributed by atoms with Crippen LogP contribution in [0.15, 0.2) is 18.2 Å². The summed E-state index contributed by atoms with van der Waals surface area (Å²) >= 11 is 0. The molecular formula is C12H17N3O. The van der Waals surface area contributed by atoms with E-state index in [1.54, 1.807) is 12.1 Å². The number of primary amides is 1. The Morgan fingerprint density at radius 2 is 2.19 bits per heavy atom. The number of nitrogen functional groups attached to an aromatic ring is 1. The minimum absolute atomic E-state index is 0.443. The molecule has 0 unspecified atom stereocenters. The van der Waals surface area contributed by atoms with E-state index < -0.39 is 5.91 Å². The van der Waals surface area contributed by atoms with Gasteiger partial charge >= 0.3 is 0 Å². The predicted octanol–water partition coefficient (Wildman–Crippen LogP) is 1.58. The summed E-state index contributed by atoms with van der Waals surface area (Å²) in [6, 6.07) is 5.19. The number of amides is 1. The van der Waals surface area contributed by atoms with Crippen molar-refractivity contribution in [3.8, 4) is 0 Å². The molecule has 0 radical (unpaired) electrons. The van der Waals surface area contributed by atoms with Gasteiger partial charge in [0.1, 0.15) is 0 Å². The number of nitrogens with one attached hydrogen (secondary N) is 1. The summed E-state index contributed by atoms with van der Waals surface area (Å²) in [5.41, 5.74) is 12.7. The lowest BCUT2D eigenvalue weighted by Crippen LogP contribution is -2.15. The molecule has 0 spiro atoms. The molecule has 5 N–H and O–H groups in total. The van der Waals surface area contributed by atoms with Crippen LogP contribution in [0, 0.1) is 5.92 Å². The van der Waals surface area contributed by atoms with Crippen LogP contribution in [0.4, 0.5) is 11.4 Å². The van der Waals surface area contributed by atoms with E-state index in [0.717, 1.165) is 24.6 Å². The third-order valence-corrected chi connectivity index (χ3v) is 2.87. The van der Waals surface area contributed by atoms with Crippen molar-refractivity contribution >= 4 is 17.3 Å². The van der Waals surface area contributed by atoms with Crippen LogP contribution < -0.4 is 16.8 Å². The highest BCUT2D eigenvalue weighted by molar-refractivity contribution is 5.99. The van der Waals surface area contributed by atoms with Gasteiger partial charge in [-0.3, -0.25) is 4.79 Å². The van der Waals surface area contributed by atoms with Gasteiger partial charge in [0.15, 0.2) is 0 Å². The van der Waals surface area contributed by atoms with Crippen LogP contribution in [0.25, 0.3) is 0 Å². The van der Waals surface area contributed by atoms with Crippen LogP contribution in [-0.4, -0.2) is 12.5 Å². The van der Waals surface area contributed by atoms with E-state index in [-0.39, 0.29) is 0 Å². The largest absolute Gasteiger partial charge is 0.399 e. The van der Waals surface area contributed by atoms with E-state index >= 15 is 0 Å². The Morgan fingerprint density at radius 3 is 2.81 bits per heavy atom. The Hall–Kier alpha value is -1.71. The first kappa shape index (κ1) is 10.8. The van der Waals surface area contributed by atoms with Gasteiger partial charge in [-0.2, -0.15) is 0 Å². The minimum atomic E-state index is -0.443. The Labute approximate surface area is 95.0 Å². The summed E-state index contributed by atoms with van der Waals surface area (Å²) in [4.78, 5) is 11.2. The van der Waals surface area contributed by atoms with Crippen molar-refractivity contribution < 1.29 is 4.79 Å².